The molecule has 124 valence electrons. The average Bonchev–Trinajstić information content (AvgIpc) is 2.61. The summed E-state index contributed by atoms with van der Waals surface area (Å²) in [5.74, 6) is 0.0112. The third kappa shape index (κ3) is 4.12. The average molecular weight is 321 g/mol. The first-order valence-corrected chi connectivity index (χ1v) is 8.44. The van der Waals surface area contributed by atoms with E-state index in [1.165, 1.54) is 5.56 Å². The van der Waals surface area contributed by atoms with Gasteiger partial charge in [0.05, 0.1) is 6.10 Å². The molecular weight excluding hydrogens is 298 g/mol. The van der Waals surface area contributed by atoms with Gasteiger partial charge >= 0.3 is 0 Å². The van der Waals surface area contributed by atoms with Crippen molar-refractivity contribution in [1.29, 1.82) is 0 Å². The van der Waals surface area contributed by atoms with Crippen molar-refractivity contribution < 1.29 is 9.90 Å². The Balaban J connectivity index is 1.65. The summed E-state index contributed by atoms with van der Waals surface area (Å²) in [6, 6.07) is 15.8. The van der Waals surface area contributed by atoms with Crippen LogP contribution >= 0.6 is 0 Å². The minimum absolute atomic E-state index is 0.0112. The molecule has 0 aliphatic carbocycles. The quantitative estimate of drug-likeness (QED) is 0.687. The molecular formula is C21H23NO2. The van der Waals surface area contributed by atoms with Gasteiger partial charge in [-0.15, -0.1) is 0 Å². The van der Waals surface area contributed by atoms with Gasteiger partial charge in [0.25, 0.3) is 0 Å². The molecule has 0 radical (unpaired) electrons. The Morgan fingerprint density at radius 3 is 2.50 bits per heavy atom. The number of benzene rings is 2. The highest BCUT2D eigenvalue weighted by molar-refractivity contribution is 6.07. The fraction of sp³-hybridized carbons (Fsp3) is 0.286. The molecule has 3 heteroatoms. The van der Waals surface area contributed by atoms with E-state index in [9.17, 15) is 9.90 Å². The van der Waals surface area contributed by atoms with Crippen LogP contribution in [0.2, 0.25) is 0 Å². The number of aliphatic hydroxyl groups is 1. The van der Waals surface area contributed by atoms with E-state index >= 15 is 0 Å². The molecule has 0 spiro atoms. The topological polar surface area (TPSA) is 40.5 Å². The highest BCUT2D eigenvalue weighted by Gasteiger charge is 2.17. The lowest BCUT2D eigenvalue weighted by molar-refractivity contribution is 0.104. The van der Waals surface area contributed by atoms with E-state index in [1.807, 2.05) is 55.5 Å². The summed E-state index contributed by atoms with van der Waals surface area (Å²) in [7, 11) is 0. The molecule has 0 atom stereocenters. The largest absolute Gasteiger partial charge is 0.393 e. The molecule has 0 unspecified atom stereocenters. The number of rotatable bonds is 4. The molecule has 24 heavy (non-hydrogen) atoms. The molecule has 0 aromatic heterocycles. The van der Waals surface area contributed by atoms with Crippen LogP contribution in [0.4, 0.5) is 5.69 Å². The van der Waals surface area contributed by atoms with Crippen LogP contribution < -0.4 is 4.90 Å². The Kier molecular flexibility index (Phi) is 5.11. The van der Waals surface area contributed by atoms with Gasteiger partial charge < -0.3 is 10.0 Å². The zero-order valence-electron chi connectivity index (χ0n) is 14.0. The van der Waals surface area contributed by atoms with Crippen molar-refractivity contribution in [1.82, 2.24) is 0 Å². The maximum absolute atomic E-state index is 12.3. The van der Waals surface area contributed by atoms with E-state index in [-0.39, 0.29) is 11.9 Å². The second kappa shape index (κ2) is 7.45. The summed E-state index contributed by atoms with van der Waals surface area (Å²) >= 11 is 0. The van der Waals surface area contributed by atoms with Crippen LogP contribution in [0.15, 0.2) is 54.6 Å². The summed E-state index contributed by atoms with van der Waals surface area (Å²) in [5, 5.41) is 9.58. The van der Waals surface area contributed by atoms with Gasteiger partial charge in [-0.05, 0) is 55.7 Å². The number of aliphatic hydroxyl groups excluding tert-OH is 1. The van der Waals surface area contributed by atoms with E-state index in [1.54, 1.807) is 6.08 Å². The number of piperidine rings is 1. The molecule has 1 aliphatic rings. The predicted molar refractivity (Wildman–Crippen MR) is 98.4 cm³/mol. The second-order valence-electron chi connectivity index (χ2n) is 6.38. The van der Waals surface area contributed by atoms with Gasteiger partial charge in [-0.25, -0.2) is 0 Å². The smallest absolute Gasteiger partial charge is 0.185 e. The Labute approximate surface area is 143 Å². The number of anilines is 1. The van der Waals surface area contributed by atoms with Crippen molar-refractivity contribution in [2.75, 3.05) is 18.0 Å². The van der Waals surface area contributed by atoms with Crippen LogP contribution in [-0.2, 0) is 0 Å². The lowest BCUT2D eigenvalue weighted by atomic mass is 10.1. The van der Waals surface area contributed by atoms with Crippen molar-refractivity contribution >= 4 is 17.5 Å². The first-order valence-electron chi connectivity index (χ1n) is 8.44. The minimum Gasteiger partial charge on any atom is -0.393 e. The lowest BCUT2D eigenvalue weighted by Crippen LogP contribution is -2.35. The number of hydrogen-bond acceptors (Lipinski definition) is 3. The van der Waals surface area contributed by atoms with Gasteiger partial charge in [0.2, 0.25) is 0 Å². The van der Waals surface area contributed by atoms with Crippen LogP contribution in [-0.4, -0.2) is 30.1 Å². The fourth-order valence-electron chi connectivity index (χ4n) is 3.00. The lowest BCUT2D eigenvalue weighted by Gasteiger charge is -2.31. The standard InChI is InChI=1S/C21H23NO2/c1-16-3-2-4-17(15-16)5-10-21(24)18-6-8-19(9-7-18)22-13-11-20(23)12-14-22/h2-10,15,20,23H,11-14H2,1H3. The van der Waals surface area contributed by atoms with Crippen molar-refractivity contribution in [2.24, 2.45) is 0 Å². The first-order chi connectivity index (χ1) is 11.6. The number of ketones is 1. The third-order valence-electron chi connectivity index (χ3n) is 4.45. The molecule has 1 fully saturated rings. The third-order valence-corrected chi connectivity index (χ3v) is 4.45. The highest BCUT2D eigenvalue weighted by atomic mass is 16.3. The number of carbonyl (C=O) groups is 1. The van der Waals surface area contributed by atoms with Crippen molar-refractivity contribution in [3.05, 3.63) is 71.3 Å². The number of carbonyl (C=O) groups excluding carboxylic acids is 1. The Hall–Kier alpha value is -2.39. The summed E-state index contributed by atoms with van der Waals surface area (Å²) in [6.45, 7) is 3.76. The van der Waals surface area contributed by atoms with Crippen LogP contribution in [0.25, 0.3) is 6.08 Å². The molecule has 0 bridgehead atoms. The molecule has 3 rings (SSSR count). The van der Waals surface area contributed by atoms with E-state index in [2.05, 4.69) is 11.0 Å². The Bertz CT molecular complexity index is 726. The molecule has 3 nitrogen and oxygen atoms in total. The van der Waals surface area contributed by atoms with E-state index in [4.69, 9.17) is 0 Å². The summed E-state index contributed by atoms with van der Waals surface area (Å²) in [6.07, 6.45) is 4.92. The fourth-order valence-corrected chi connectivity index (χ4v) is 3.00. The molecule has 1 N–H and O–H groups in total. The molecule has 2 aromatic carbocycles. The van der Waals surface area contributed by atoms with E-state index < -0.39 is 0 Å². The second-order valence-corrected chi connectivity index (χ2v) is 6.38. The number of aryl methyl sites for hydroxylation is 1. The first kappa shape index (κ1) is 16.5. The number of allylic oxidation sites excluding steroid dienone is 1. The SMILES string of the molecule is Cc1cccc(C=CC(=O)c2ccc(N3CCC(O)CC3)cc2)c1. The predicted octanol–water partition coefficient (Wildman–Crippen LogP) is 3.85. The monoisotopic (exact) mass is 321 g/mol. The molecule has 0 amide bonds. The van der Waals surface area contributed by atoms with Gasteiger partial charge in [-0.3, -0.25) is 4.79 Å². The molecule has 1 heterocycles. The summed E-state index contributed by atoms with van der Waals surface area (Å²) < 4.78 is 0. The maximum atomic E-state index is 12.3. The Morgan fingerprint density at radius 2 is 1.83 bits per heavy atom. The van der Waals surface area contributed by atoms with Gasteiger partial charge in [0.1, 0.15) is 0 Å². The molecule has 1 aliphatic heterocycles. The van der Waals surface area contributed by atoms with Gasteiger partial charge in [-0.2, -0.15) is 0 Å². The number of hydrogen-bond donors (Lipinski definition) is 1. The van der Waals surface area contributed by atoms with E-state index in [0.29, 0.717) is 5.56 Å². The Morgan fingerprint density at radius 1 is 1.12 bits per heavy atom. The molecule has 0 saturated carbocycles. The van der Waals surface area contributed by atoms with Crippen molar-refractivity contribution in [3.8, 4) is 0 Å². The highest BCUT2D eigenvalue weighted by Crippen LogP contribution is 2.21. The van der Waals surface area contributed by atoms with Crippen LogP contribution in [0.3, 0.4) is 0 Å². The van der Waals surface area contributed by atoms with Crippen LogP contribution in [0.1, 0.15) is 34.3 Å². The molecule has 2 aromatic rings. The zero-order valence-corrected chi connectivity index (χ0v) is 14.0. The zero-order chi connectivity index (χ0) is 16.9. The maximum Gasteiger partial charge on any atom is 0.185 e. The van der Waals surface area contributed by atoms with Crippen molar-refractivity contribution in [2.45, 2.75) is 25.9 Å². The minimum atomic E-state index is -0.172. The van der Waals surface area contributed by atoms with Gasteiger partial charge in [0, 0.05) is 24.3 Å². The summed E-state index contributed by atoms with van der Waals surface area (Å²) in [5.41, 5.74) is 4.02. The summed E-state index contributed by atoms with van der Waals surface area (Å²) in [4.78, 5) is 14.6. The number of nitrogens with zero attached hydrogens (tertiary/aromatic N) is 1. The van der Waals surface area contributed by atoms with Gasteiger partial charge in [0.15, 0.2) is 5.78 Å². The van der Waals surface area contributed by atoms with Crippen molar-refractivity contribution in [3.63, 3.8) is 0 Å². The molecule has 1 saturated heterocycles. The van der Waals surface area contributed by atoms with E-state index in [0.717, 1.165) is 37.2 Å². The van der Waals surface area contributed by atoms with Crippen LogP contribution in [0, 0.1) is 6.92 Å². The van der Waals surface area contributed by atoms with Crippen LogP contribution in [0.5, 0.6) is 0 Å². The van der Waals surface area contributed by atoms with Gasteiger partial charge in [-0.1, -0.05) is 35.9 Å². The normalized spacial score (nSPS) is 15.8.